The first-order chi connectivity index (χ1) is 6.99. The summed E-state index contributed by atoms with van der Waals surface area (Å²) in [5.74, 6) is -0.136. The molecule has 1 aromatic rings. The molecule has 1 rings (SSSR count). The molecule has 0 saturated carbocycles. The molecule has 0 spiro atoms. The lowest BCUT2D eigenvalue weighted by Crippen LogP contribution is -2.17. The summed E-state index contributed by atoms with van der Waals surface area (Å²) in [7, 11) is -1.47. The summed E-state index contributed by atoms with van der Waals surface area (Å²) in [4.78, 5) is 11.9. The molecule has 2 unspecified atom stereocenters. The zero-order chi connectivity index (χ0) is 11.5. The number of Topliss-reactive ketones (excluding diaryl/α,β-unsaturated/α-hetero) is 1. The van der Waals surface area contributed by atoms with E-state index in [0.29, 0.717) is 5.56 Å². The van der Waals surface area contributed by atoms with Crippen molar-refractivity contribution in [2.24, 2.45) is 0 Å². The van der Waals surface area contributed by atoms with Crippen molar-refractivity contribution in [3.05, 3.63) is 35.9 Å². The highest BCUT2D eigenvalue weighted by Crippen LogP contribution is 2.47. The summed E-state index contributed by atoms with van der Waals surface area (Å²) >= 11 is 0. The van der Waals surface area contributed by atoms with Gasteiger partial charge in [-0.15, -0.1) is 0 Å². The Kier molecular flexibility index (Phi) is 3.83. The fourth-order valence-corrected chi connectivity index (χ4v) is 2.11. The van der Waals surface area contributed by atoms with E-state index in [9.17, 15) is 9.36 Å². The molecule has 0 bridgehead atoms. The van der Waals surface area contributed by atoms with E-state index in [0.717, 1.165) is 0 Å². The summed E-state index contributed by atoms with van der Waals surface area (Å²) in [5.41, 5.74) is -0.0194. The third kappa shape index (κ3) is 2.77. The highest BCUT2D eigenvalue weighted by atomic mass is 31.2. The van der Waals surface area contributed by atoms with Crippen molar-refractivity contribution in [1.82, 2.24) is 0 Å². The Balaban J connectivity index is 2.92. The van der Waals surface area contributed by atoms with E-state index in [1.165, 1.54) is 13.8 Å². The number of carbonyl (C=O) groups is 1. The molecular formula is C11H15O3P. The van der Waals surface area contributed by atoms with Crippen LogP contribution in [0.1, 0.15) is 17.3 Å². The third-order valence-corrected chi connectivity index (χ3v) is 4.87. The van der Waals surface area contributed by atoms with Gasteiger partial charge in [0.1, 0.15) is 0 Å². The zero-order valence-corrected chi connectivity index (χ0v) is 10.0. The van der Waals surface area contributed by atoms with Crippen LogP contribution in [0.5, 0.6) is 0 Å². The first kappa shape index (κ1) is 12.2. The zero-order valence-electron chi connectivity index (χ0n) is 9.14. The van der Waals surface area contributed by atoms with Crippen LogP contribution >= 0.6 is 7.37 Å². The Morgan fingerprint density at radius 2 is 1.87 bits per heavy atom. The van der Waals surface area contributed by atoms with E-state index < -0.39 is 13.0 Å². The molecular weight excluding hydrogens is 211 g/mol. The van der Waals surface area contributed by atoms with E-state index in [-0.39, 0.29) is 5.78 Å². The summed E-state index contributed by atoms with van der Waals surface area (Å²) in [6.07, 6.45) is 0. The first-order valence-corrected chi connectivity index (χ1v) is 6.85. The Morgan fingerprint density at radius 1 is 1.33 bits per heavy atom. The maximum atomic E-state index is 11.9. The lowest BCUT2D eigenvalue weighted by Gasteiger charge is -2.17. The highest BCUT2D eigenvalue weighted by molar-refractivity contribution is 7.60. The van der Waals surface area contributed by atoms with Gasteiger partial charge in [-0.2, -0.15) is 0 Å². The van der Waals surface area contributed by atoms with Gasteiger partial charge in [0.05, 0.1) is 5.66 Å². The minimum Gasteiger partial charge on any atom is -0.332 e. The average Bonchev–Trinajstić information content (AvgIpc) is 2.28. The maximum Gasteiger partial charge on any atom is 0.210 e. The molecule has 0 fully saturated rings. The molecule has 0 heterocycles. The van der Waals surface area contributed by atoms with E-state index in [1.807, 2.05) is 6.07 Å². The van der Waals surface area contributed by atoms with Crippen LogP contribution in [0.2, 0.25) is 0 Å². The van der Waals surface area contributed by atoms with Gasteiger partial charge in [-0.25, -0.2) is 0 Å². The van der Waals surface area contributed by atoms with Crippen LogP contribution in [0.15, 0.2) is 30.3 Å². The number of benzene rings is 1. The molecule has 0 saturated heterocycles. The van der Waals surface area contributed by atoms with E-state index in [2.05, 4.69) is 0 Å². The molecule has 15 heavy (non-hydrogen) atoms. The van der Waals surface area contributed by atoms with Crippen LogP contribution in [0, 0.1) is 0 Å². The van der Waals surface area contributed by atoms with E-state index in [4.69, 9.17) is 4.52 Å². The van der Waals surface area contributed by atoms with Crippen LogP contribution < -0.4 is 0 Å². The normalized spacial score (nSPS) is 16.7. The van der Waals surface area contributed by atoms with Crippen molar-refractivity contribution in [3.63, 3.8) is 0 Å². The Hall–Kier alpha value is -0.920. The van der Waals surface area contributed by atoms with E-state index >= 15 is 0 Å². The molecule has 0 aliphatic rings. The van der Waals surface area contributed by atoms with E-state index in [1.54, 1.807) is 31.2 Å². The number of ketones is 1. The van der Waals surface area contributed by atoms with Crippen LogP contribution in [0.3, 0.4) is 0 Å². The maximum absolute atomic E-state index is 11.9. The van der Waals surface area contributed by atoms with Crippen molar-refractivity contribution < 1.29 is 13.9 Å². The quantitative estimate of drug-likeness (QED) is 0.585. The van der Waals surface area contributed by atoms with Crippen molar-refractivity contribution in [2.75, 3.05) is 13.8 Å². The van der Waals surface area contributed by atoms with Crippen LogP contribution in [-0.4, -0.2) is 25.2 Å². The average molecular weight is 226 g/mol. The SMILES string of the molecule is COP(C)(=O)C(C)C(=O)c1ccccc1. The number of hydrogen-bond donors (Lipinski definition) is 0. The minimum atomic E-state index is -2.84. The third-order valence-electron chi connectivity index (χ3n) is 2.50. The molecule has 0 radical (unpaired) electrons. The molecule has 2 atom stereocenters. The van der Waals surface area contributed by atoms with Gasteiger partial charge in [0.15, 0.2) is 5.78 Å². The fraction of sp³-hybridized carbons (Fsp3) is 0.364. The monoisotopic (exact) mass is 226 g/mol. The van der Waals surface area contributed by atoms with Gasteiger partial charge in [-0.1, -0.05) is 30.3 Å². The summed E-state index contributed by atoms with van der Waals surface area (Å²) in [5, 5.41) is 0. The van der Waals surface area contributed by atoms with Gasteiger partial charge in [0.25, 0.3) is 0 Å². The summed E-state index contributed by atoms with van der Waals surface area (Å²) in [6, 6.07) is 8.84. The Labute approximate surface area is 89.9 Å². The van der Waals surface area contributed by atoms with Gasteiger partial charge in [-0.3, -0.25) is 9.36 Å². The Morgan fingerprint density at radius 3 is 2.33 bits per heavy atom. The lowest BCUT2D eigenvalue weighted by molar-refractivity contribution is 0.0987. The van der Waals surface area contributed by atoms with Crippen LogP contribution in [0.25, 0.3) is 0 Å². The van der Waals surface area contributed by atoms with Crippen LogP contribution in [0.4, 0.5) is 0 Å². The summed E-state index contributed by atoms with van der Waals surface area (Å²) < 4.78 is 16.7. The largest absolute Gasteiger partial charge is 0.332 e. The lowest BCUT2D eigenvalue weighted by atomic mass is 10.1. The molecule has 3 nitrogen and oxygen atoms in total. The van der Waals surface area contributed by atoms with Crippen molar-refractivity contribution in [3.8, 4) is 0 Å². The Bertz CT molecular complexity index is 386. The molecule has 1 aromatic carbocycles. The van der Waals surface area contributed by atoms with Crippen molar-refractivity contribution >= 4 is 13.2 Å². The molecule has 0 aliphatic heterocycles. The second-order valence-electron chi connectivity index (χ2n) is 3.50. The van der Waals surface area contributed by atoms with Gasteiger partial charge in [0.2, 0.25) is 7.37 Å². The number of rotatable bonds is 4. The van der Waals surface area contributed by atoms with Crippen molar-refractivity contribution in [1.29, 1.82) is 0 Å². The van der Waals surface area contributed by atoms with Crippen LogP contribution in [-0.2, 0) is 9.09 Å². The summed E-state index contributed by atoms with van der Waals surface area (Å²) in [6.45, 7) is 3.12. The molecule has 0 aliphatic carbocycles. The molecule has 4 heteroatoms. The van der Waals surface area contributed by atoms with Gasteiger partial charge >= 0.3 is 0 Å². The fourth-order valence-electron chi connectivity index (χ4n) is 1.21. The number of carbonyl (C=O) groups excluding carboxylic acids is 1. The smallest absolute Gasteiger partial charge is 0.210 e. The minimum absolute atomic E-state index is 0.136. The van der Waals surface area contributed by atoms with Gasteiger partial charge < -0.3 is 4.52 Å². The first-order valence-electron chi connectivity index (χ1n) is 4.71. The molecule has 82 valence electrons. The standard InChI is InChI=1S/C11H15O3P/c1-9(15(3,13)14-2)11(12)10-7-5-4-6-8-10/h4-9H,1-3H3. The predicted molar refractivity (Wildman–Crippen MR) is 60.8 cm³/mol. The van der Waals surface area contributed by atoms with Crippen molar-refractivity contribution in [2.45, 2.75) is 12.6 Å². The number of hydrogen-bond acceptors (Lipinski definition) is 3. The second-order valence-corrected chi connectivity index (χ2v) is 6.45. The predicted octanol–water partition coefficient (Wildman–Crippen LogP) is 2.81. The molecule has 0 aromatic heterocycles. The topological polar surface area (TPSA) is 43.4 Å². The molecule has 0 amide bonds. The van der Waals surface area contributed by atoms with Gasteiger partial charge in [0, 0.05) is 19.3 Å². The second kappa shape index (κ2) is 4.73. The highest BCUT2D eigenvalue weighted by Gasteiger charge is 2.30. The van der Waals surface area contributed by atoms with Gasteiger partial charge in [-0.05, 0) is 6.92 Å². The molecule has 0 N–H and O–H groups in total.